The summed E-state index contributed by atoms with van der Waals surface area (Å²) in [7, 11) is 0. The van der Waals surface area contributed by atoms with Crippen LogP contribution in [0.5, 0.6) is 0 Å². The molecule has 2 nitrogen and oxygen atoms in total. The van der Waals surface area contributed by atoms with E-state index in [1.54, 1.807) is 12.1 Å². The van der Waals surface area contributed by atoms with Gasteiger partial charge >= 0.3 is 0 Å². The van der Waals surface area contributed by atoms with Gasteiger partial charge in [-0.1, -0.05) is 19.1 Å². The van der Waals surface area contributed by atoms with Crippen molar-refractivity contribution in [2.45, 2.75) is 51.2 Å². The van der Waals surface area contributed by atoms with Crippen molar-refractivity contribution in [2.24, 2.45) is 5.73 Å². The molecule has 0 aliphatic heterocycles. The molecule has 0 aromatic heterocycles. The van der Waals surface area contributed by atoms with Crippen LogP contribution in [0.15, 0.2) is 24.3 Å². The summed E-state index contributed by atoms with van der Waals surface area (Å²) in [5.41, 5.74) is 7.00. The van der Waals surface area contributed by atoms with Crippen molar-refractivity contribution in [2.75, 3.05) is 6.54 Å². The second-order valence-electron chi connectivity index (χ2n) is 5.26. The number of benzene rings is 1. The maximum absolute atomic E-state index is 13.2. The van der Waals surface area contributed by atoms with Crippen LogP contribution in [-0.4, -0.2) is 23.5 Å². The normalized spacial score (nSPS) is 24.4. The molecule has 0 atom stereocenters. The van der Waals surface area contributed by atoms with E-state index >= 15 is 0 Å². The fraction of sp³-hybridized carbons (Fsp3) is 0.600. The van der Waals surface area contributed by atoms with Gasteiger partial charge in [-0.05, 0) is 49.9 Å². The molecular formula is C15H23FN2. The van der Waals surface area contributed by atoms with Crippen LogP contribution in [0.4, 0.5) is 4.39 Å². The van der Waals surface area contributed by atoms with Gasteiger partial charge in [-0.15, -0.1) is 0 Å². The number of hydrogen-bond acceptors (Lipinski definition) is 2. The van der Waals surface area contributed by atoms with E-state index in [0.717, 1.165) is 31.5 Å². The van der Waals surface area contributed by atoms with Gasteiger partial charge in [0.15, 0.2) is 0 Å². The van der Waals surface area contributed by atoms with Crippen molar-refractivity contribution in [3.05, 3.63) is 35.6 Å². The third kappa shape index (κ3) is 3.53. The molecule has 0 amide bonds. The van der Waals surface area contributed by atoms with E-state index < -0.39 is 0 Å². The van der Waals surface area contributed by atoms with Gasteiger partial charge in [0, 0.05) is 18.6 Å². The Labute approximate surface area is 109 Å². The molecule has 3 heteroatoms. The SMILES string of the molecule is CCN(Cc1cccc(F)c1)C1CCC(N)CC1. The molecule has 18 heavy (non-hydrogen) atoms. The lowest BCUT2D eigenvalue weighted by Crippen LogP contribution is -2.40. The van der Waals surface area contributed by atoms with Gasteiger partial charge in [0.2, 0.25) is 0 Å². The second kappa shape index (κ2) is 6.30. The predicted molar refractivity (Wildman–Crippen MR) is 72.7 cm³/mol. The molecular weight excluding hydrogens is 227 g/mol. The highest BCUT2D eigenvalue weighted by Gasteiger charge is 2.23. The molecule has 0 heterocycles. The van der Waals surface area contributed by atoms with E-state index in [1.807, 2.05) is 6.07 Å². The van der Waals surface area contributed by atoms with Crippen molar-refractivity contribution in [1.82, 2.24) is 4.90 Å². The fourth-order valence-corrected chi connectivity index (χ4v) is 2.84. The van der Waals surface area contributed by atoms with Crippen LogP contribution in [0.2, 0.25) is 0 Å². The Morgan fingerprint density at radius 1 is 1.28 bits per heavy atom. The van der Waals surface area contributed by atoms with Gasteiger partial charge < -0.3 is 5.73 Å². The van der Waals surface area contributed by atoms with E-state index in [1.165, 1.54) is 18.9 Å². The summed E-state index contributed by atoms with van der Waals surface area (Å²) in [6.07, 6.45) is 4.57. The van der Waals surface area contributed by atoms with Gasteiger partial charge in [-0.3, -0.25) is 4.90 Å². The standard InChI is InChI=1S/C15H23FN2/c1-2-18(15-8-6-14(17)7-9-15)11-12-4-3-5-13(16)10-12/h3-5,10,14-15H,2,6-9,11,17H2,1H3. The minimum atomic E-state index is -0.144. The van der Waals surface area contributed by atoms with Crippen LogP contribution < -0.4 is 5.73 Å². The first-order valence-corrected chi connectivity index (χ1v) is 6.93. The first kappa shape index (κ1) is 13.5. The first-order chi connectivity index (χ1) is 8.69. The predicted octanol–water partition coefficient (Wildman–Crippen LogP) is 2.92. The second-order valence-corrected chi connectivity index (χ2v) is 5.26. The minimum absolute atomic E-state index is 0.144. The van der Waals surface area contributed by atoms with E-state index in [9.17, 15) is 4.39 Å². The zero-order chi connectivity index (χ0) is 13.0. The molecule has 1 aromatic carbocycles. The lowest BCUT2D eigenvalue weighted by atomic mass is 9.90. The summed E-state index contributed by atoms with van der Waals surface area (Å²) in [5, 5.41) is 0. The van der Waals surface area contributed by atoms with Crippen molar-refractivity contribution >= 4 is 0 Å². The van der Waals surface area contributed by atoms with Crippen LogP contribution in [0.1, 0.15) is 38.2 Å². The molecule has 1 fully saturated rings. The van der Waals surface area contributed by atoms with Crippen LogP contribution in [0, 0.1) is 5.82 Å². The first-order valence-electron chi connectivity index (χ1n) is 6.93. The Balaban J connectivity index is 1.96. The highest BCUT2D eigenvalue weighted by molar-refractivity contribution is 5.16. The summed E-state index contributed by atoms with van der Waals surface area (Å²) in [4.78, 5) is 2.45. The lowest BCUT2D eigenvalue weighted by Gasteiger charge is -2.35. The number of halogens is 1. The monoisotopic (exact) mass is 250 g/mol. The van der Waals surface area contributed by atoms with E-state index in [-0.39, 0.29) is 5.82 Å². The molecule has 1 saturated carbocycles. The van der Waals surface area contributed by atoms with Gasteiger partial charge in [-0.2, -0.15) is 0 Å². The van der Waals surface area contributed by atoms with E-state index in [2.05, 4.69) is 11.8 Å². The van der Waals surface area contributed by atoms with Crippen LogP contribution in [0.3, 0.4) is 0 Å². The summed E-state index contributed by atoms with van der Waals surface area (Å²) >= 11 is 0. The highest BCUT2D eigenvalue weighted by atomic mass is 19.1. The zero-order valence-electron chi connectivity index (χ0n) is 11.1. The topological polar surface area (TPSA) is 29.3 Å². The molecule has 1 aliphatic carbocycles. The van der Waals surface area contributed by atoms with Crippen LogP contribution in [-0.2, 0) is 6.54 Å². The van der Waals surface area contributed by atoms with Crippen LogP contribution >= 0.6 is 0 Å². The summed E-state index contributed by atoms with van der Waals surface area (Å²) in [5.74, 6) is -0.144. The Morgan fingerprint density at radius 3 is 2.61 bits per heavy atom. The molecule has 1 aliphatic rings. The Hall–Kier alpha value is -0.930. The van der Waals surface area contributed by atoms with Crippen LogP contribution in [0.25, 0.3) is 0 Å². The smallest absolute Gasteiger partial charge is 0.123 e. The van der Waals surface area contributed by atoms with Gasteiger partial charge in [0.25, 0.3) is 0 Å². The van der Waals surface area contributed by atoms with E-state index in [4.69, 9.17) is 5.73 Å². The fourth-order valence-electron chi connectivity index (χ4n) is 2.84. The summed E-state index contributed by atoms with van der Waals surface area (Å²) in [6, 6.07) is 7.92. The number of hydrogen-bond donors (Lipinski definition) is 1. The highest BCUT2D eigenvalue weighted by Crippen LogP contribution is 2.23. The molecule has 100 valence electrons. The third-order valence-corrected chi connectivity index (χ3v) is 3.94. The van der Waals surface area contributed by atoms with Crippen molar-refractivity contribution in [3.8, 4) is 0 Å². The Morgan fingerprint density at radius 2 is 2.00 bits per heavy atom. The largest absolute Gasteiger partial charge is 0.328 e. The Bertz CT molecular complexity index is 373. The Kier molecular flexibility index (Phi) is 4.72. The molecule has 0 radical (unpaired) electrons. The van der Waals surface area contributed by atoms with E-state index in [0.29, 0.717) is 12.1 Å². The molecule has 0 spiro atoms. The minimum Gasteiger partial charge on any atom is -0.328 e. The molecule has 2 N–H and O–H groups in total. The molecule has 2 rings (SSSR count). The molecule has 1 aromatic rings. The molecule has 0 unspecified atom stereocenters. The van der Waals surface area contributed by atoms with Crippen molar-refractivity contribution in [1.29, 1.82) is 0 Å². The number of rotatable bonds is 4. The maximum Gasteiger partial charge on any atom is 0.123 e. The zero-order valence-corrected chi connectivity index (χ0v) is 11.1. The average molecular weight is 250 g/mol. The lowest BCUT2D eigenvalue weighted by molar-refractivity contribution is 0.149. The molecule has 0 bridgehead atoms. The summed E-state index contributed by atoms with van der Waals surface area (Å²) < 4.78 is 13.2. The molecule has 0 saturated heterocycles. The van der Waals surface area contributed by atoms with Crippen molar-refractivity contribution in [3.63, 3.8) is 0 Å². The van der Waals surface area contributed by atoms with Crippen molar-refractivity contribution < 1.29 is 4.39 Å². The quantitative estimate of drug-likeness (QED) is 0.890. The van der Waals surface area contributed by atoms with Gasteiger partial charge in [0.05, 0.1) is 0 Å². The maximum atomic E-state index is 13.2. The van der Waals surface area contributed by atoms with Gasteiger partial charge in [0.1, 0.15) is 5.82 Å². The summed E-state index contributed by atoms with van der Waals surface area (Å²) in [6.45, 7) is 4.03. The number of nitrogens with zero attached hydrogens (tertiary/aromatic N) is 1. The number of nitrogens with two attached hydrogens (primary N) is 1. The average Bonchev–Trinajstić information content (AvgIpc) is 2.37. The van der Waals surface area contributed by atoms with Gasteiger partial charge in [-0.25, -0.2) is 4.39 Å². The third-order valence-electron chi connectivity index (χ3n) is 3.94.